The van der Waals surface area contributed by atoms with Gasteiger partial charge in [0.05, 0.1) is 13.3 Å². The molecule has 1 heterocycles. The number of nitrogens with zero attached hydrogens (tertiary/aromatic N) is 2. The Hall–Kier alpha value is -1.51. The predicted molar refractivity (Wildman–Crippen MR) is 71.9 cm³/mol. The van der Waals surface area contributed by atoms with Crippen molar-refractivity contribution >= 4 is 21.8 Å². The van der Waals surface area contributed by atoms with Crippen molar-refractivity contribution in [1.82, 2.24) is 8.87 Å². The first-order valence-corrected chi connectivity index (χ1v) is 7.40. The van der Waals surface area contributed by atoms with E-state index < -0.39 is 26.4 Å². The highest BCUT2D eigenvalue weighted by Crippen LogP contribution is 2.27. The molecule has 1 aromatic rings. The summed E-state index contributed by atoms with van der Waals surface area (Å²) in [6, 6.07) is 1.71. The number of hydrogen-bond acceptors (Lipinski definition) is 5. The molecule has 19 heavy (non-hydrogen) atoms. The molecule has 0 spiro atoms. The number of pyridine rings is 1. The number of carboxylic acid groups (broad SMARTS) is 1. The summed E-state index contributed by atoms with van der Waals surface area (Å²) in [7, 11) is -2.41. The average molecular weight is 288 g/mol. The zero-order valence-corrected chi connectivity index (χ0v) is 11.9. The van der Waals surface area contributed by atoms with Crippen LogP contribution in [0.25, 0.3) is 0 Å². The number of carbonyl (C=O) groups is 1. The highest BCUT2D eigenvalue weighted by Gasteiger charge is 2.41. The molecular formula is C11H18N3O4S+. The van der Waals surface area contributed by atoms with Gasteiger partial charge < -0.3 is 10.8 Å². The number of aliphatic carboxylic acids is 1. The molecule has 0 aliphatic rings. The number of likely N-dealkylation sites (N-methyl/N-ethyl adjacent to an activating group) is 1. The Morgan fingerprint density at radius 2 is 2.11 bits per heavy atom. The first kappa shape index (κ1) is 15.5. The maximum atomic E-state index is 12.0. The van der Waals surface area contributed by atoms with E-state index in [-0.39, 0.29) is 12.4 Å². The molecule has 0 aliphatic carbocycles. The number of quaternary nitrogens is 1. The van der Waals surface area contributed by atoms with E-state index in [9.17, 15) is 13.2 Å². The molecule has 1 atom stereocenters. The smallest absolute Gasteiger partial charge is 0.361 e. The highest BCUT2D eigenvalue weighted by atomic mass is 32.2. The van der Waals surface area contributed by atoms with Crippen molar-refractivity contribution in [2.45, 2.75) is 13.5 Å². The summed E-state index contributed by atoms with van der Waals surface area (Å²) in [5, 5.41) is 8.95. The quantitative estimate of drug-likeness (QED) is 0.728. The molecule has 1 rings (SSSR count). The molecule has 0 aliphatic heterocycles. The minimum atomic E-state index is -3.72. The third-order valence-electron chi connectivity index (χ3n) is 2.92. The Balaban J connectivity index is 3.55. The highest BCUT2D eigenvalue weighted by molar-refractivity contribution is 7.90. The molecular weight excluding hydrogens is 270 g/mol. The molecule has 0 amide bonds. The Morgan fingerprint density at radius 1 is 1.53 bits per heavy atom. The van der Waals surface area contributed by atoms with Gasteiger partial charge in [0.25, 0.3) is 10.0 Å². The van der Waals surface area contributed by atoms with E-state index in [1.165, 1.54) is 13.2 Å². The van der Waals surface area contributed by atoms with E-state index in [2.05, 4.69) is 4.98 Å². The van der Waals surface area contributed by atoms with E-state index in [0.29, 0.717) is 5.56 Å². The van der Waals surface area contributed by atoms with Gasteiger partial charge >= 0.3 is 5.97 Å². The van der Waals surface area contributed by atoms with Gasteiger partial charge in [-0.3, -0.25) is 0 Å². The van der Waals surface area contributed by atoms with E-state index in [4.69, 9.17) is 10.8 Å². The SMILES string of the molecule is Cc1cnc([N+](C)(CC(=O)O)S(C)(=O)=O)c(CN)c1. The third kappa shape index (κ3) is 3.09. The van der Waals surface area contributed by atoms with Crippen LogP contribution in [-0.4, -0.2) is 44.3 Å². The van der Waals surface area contributed by atoms with Gasteiger partial charge in [0.1, 0.15) is 0 Å². The topological polar surface area (TPSA) is 110 Å². The fourth-order valence-corrected chi connectivity index (χ4v) is 2.63. The second-order valence-electron chi connectivity index (χ2n) is 4.59. The van der Waals surface area contributed by atoms with Crippen molar-refractivity contribution in [2.24, 2.45) is 5.73 Å². The third-order valence-corrected chi connectivity index (χ3v) is 4.68. The van der Waals surface area contributed by atoms with Crippen LogP contribution < -0.4 is 9.62 Å². The first-order valence-electron chi connectivity index (χ1n) is 5.55. The van der Waals surface area contributed by atoms with E-state index in [1.807, 2.05) is 0 Å². The van der Waals surface area contributed by atoms with Crippen molar-refractivity contribution < 1.29 is 18.3 Å². The number of nitrogens with two attached hydrogens (primary N) is 1. The van der Waals surface area contributed by atoms with Crippen LogP contribution in [0.2, 0.25) is 0 Å². The van der Waals surface area contributed by atoms with Gasteiger partial charge in [0.2, 0.25) is 5.82 Å². The van der Waals surface area contributed by atoms with Gasteiger partial charge in [-0.1, -0.05) is 0 Å². The molecule has 8 heteroatoms. The van der Waals surface area contributed by atoms with Gasteiger partial charge in [-0.15, -0.1) is 0 Å². The molecule has 0 aromatic carbocycles. The van der Waals surface area contributed by atoms with Crippen LogP contribution >= 0.6 is 0 Å². The second-order valence-corrected chi connectivity index (χ2v) is 6.86. The van der Waals surface area contributed by atoms with Crippen molar-refractivity contribution in [1.29, 1.82) is 0 Å². The summed E-state index contributed by atoms with van der Waals surface area (Å²) < 4.78 is 23.1. The van der Waals surface area contributed by atoms with Crippen molar-refractivity contribution in [3.8, 4) is 0 Å². The van der Waals surface area contributed by atoms with Crippen LogP contribution in [-0.2, 0) is 21.4 Å². The molecule has 1 unspecified atom stereocenters. The zero-order chi connectivity index (χ0) is 14.8. The fraction of sp³-hybridized carbons (Fsp3) is 0.455. The van der Waals surface area contributed by atoms with Crippen molar-refractivity contribution in [3.05, 3.63) is 23.4 Å². The molecule has 7 nitrogen and oxygen atoms in total. The van der Waals surface area contributed by atoms with Crippen LogP contribution in [0.3, 0.4) is 0 Å². The summed E-state index contributed by atoms with van der Waals surface area (Å²) >= 11 is 0. The lowest BCUT2D eigenvalue weighted by Crippen LogP contribution is -2.54. The Morgan fingerprint density at radius 3 is 2.53 bits per heavy atom. The fourth-order valence-electron chi connectivity index (χ4n) is 1.81. The summed E-state index contributed by atoms with van der Waals surface area (Å²) in [5.74, 6) is -1.07. The average Bonchev–Trinajstić information content (AvgIpc) is 2.26. The summed E-state index contributed by atoms with van der Waals surface area (Å²) in [6.07, 6.45) is 2.48. The van der Waals surface area contributed by atoms with Crippen molar-refractivity contribution in [3.63, 3.8) is 0 Å². The molecule has 1 aromatic heterocycles. The molecule has 0 radical (unpaired) electrons. The molecule has 0 saturated carbocycles. The first-order chi connectivity index (χ1) is 8.61. The normalized spacial score (nSPS) is 14.9. The van der Waals surface area contributed by atoms with Crippen molar-refractivity contribution in [2.75, 3.05) is 19.8 Å². The summed E-state index contributed by atoms with van der Waals surface area (Å²) in [4.78, 5) is 15.1. The largest absolute Gasteiger partial charge is 0.477 e. The van der Waals surface area contributed by atoms with Gasteiger partial charge in [-0.2, -0.15) is 12.3 Å². The minimum Gasteiger partial charge on any atom is -0.477 e. The minimum absolute atomic E-state index is 0.0903. The number of hydrogen-bond donors (Lipinski definition) is 2. The molecule has 3 N–H and O–H groups in total. The van der Waals surface area contributed by atoms with E-state index in [1.54, 1.807) is 13.0 Å². The molecule has 0 fully saturated rings. The number of rotatable bonds is 5. The van der Waals surface area contributed by atoms with Crippen LogP contribution in [0.15, 0.2) is 12.3 Å². The monoisotopic (exact) mass is 288 g/mol. The zero-order valence-electron chi connectivity index (χ0n) is 11.1. The summed E-state index contributed by atoms with van der Waals surface area (Å²) in [5.41, 5.74) is 6.95. The van der Waals surface area contributed by atoms with Gasteiger partial charge in [0.15, 0.2) is 6.54 Å². The molecule has 0 bridgehead atoms. The number of aromatic nitrogens is 1. The van der Waals surface area contributed by atoms with Gasteiger partial charge in [-0.25, -0.2) is 9.78 Å². The van der Waals surface area contributed by atoms with Gasteiger partial charge in [-0.05, 0) is 18.6 Å². The maximum Gasteiger partial charge on any atom is 0.361 e. The van der Waals surface area contributed by atoms with Crippen LogP contribution in [0.5, 0.6) is 0 Å². The molecule has 106 valence electrons. The number of aryl methyl sites for hydroxylation is 1. The lowest BCUT2D eigenvalue weighted by molar-refractivity contribution is -0.136. The Bertz CT molecular complexity index is 600. The van der Waals surface area contributed by atoms with Crippen LogP contribution in [0.1, 0.15) is 11.1 Å². The lowest BCUT2D eigenvalue weighted by atomic mass is 10.2. The van der Waals surface area contributed by atoms with Crippen LogP contribution in [0.4, 0.5) is 5.82 Å². The van der Waals surface area contributed by atoms with E-state index in [0.717, 1.165) is 11.8 Å². The van der Waals surface area contributed by atoms with E-state index >= 15 is 0 Å². The molecule has 0 saturated heterocycles. The Kier molecular flexibility index (Phi) is 4.28. The van der Waals surface area contributed by atoms with Crippen LogP contribution in [0, 0.1) is 6.92 Å². The number of sulfonamides is 1. The Labute approximate surface area is 112 Å². The summed E-state index contributed by atoms with van der Waals surface area (Å²) in [6.45, 7) is 1.28. The maximum absolute atomic E-state index is 12.0. The predicted octanol–water partition coefficient (Wildman–Crippen LogP) is -0.170. The standard InChI is InChI=1S/C11H17N3O4S/c1-8-4-9(5-12)11(13-6-8)14(2,7-10(15)16)19(3,17)18/h4,6H,5,7,12H2,1-3H3/p+1. The second kappa shape index (κ2) is 5.24. The number of carboxylic acids is 1. The lowest BCUT2D eigenvalue weighted by Gasteiger charge is -2.29. The van der Waals surface area contributed by atoms with Gasteiger partial charge in [0, 0.05) is 18.3 Å².